The number of carbonyl (C=O) groups excluding carboxylic acids is 1. The molecule has 7 heteroatoms. The number of aryl methyl sites for hydroxylation is 1. The molecule has 1 aromatic heterocycles. The highest BCUT2D eigenvalue weighted by Gasteiger charge is 2.09. The second-order valence-corrected chi connectivity index (χ2v) is 6.57. The van der Waals surface area contributed by atoms with E-state index in [4.69, 9.17) is 16.3 Å². The summed E-state index contributed by atoms with van der Waals surface area (Å²) in [5.74, 6) is 0.702. The Morgan fingerprint density at radius 2 is 2.17 bits per heavy atom. The van der Waals surface area contributed by atoms with Crippen LogP contribution < -0.4 is 10.1 Å². The maximum Gasteiger partial charge on any atom is 0.411 e. The molecule has 1 amide bonds. The van der Waals surface area contributed by atoms with Crippen molar-refractivity contribution in [1.82, 2.24) is 4.98 Å². The lowest BCUT2D eigenvalue weighted by Gasteiger charge is -2.10. The summed E-state index contributed by atoms with van der Waals surface area (Å²) in [5.41, 5.74) is 2.44. The predicted octanol–water partition coefficient (Wildman–Crippen LogP) is 5.02. The number of nitrogens with zero attached hydrogens (tertiary/aromatic N) is 1. The summed E-state index contributed by atoms with van der Waals surface area (Å²) < 4.78 is 11.3. The number of carbonyl (C=O) groups is 1. The van der Waals surface area contributed by atoms with Crippen molar-refractivity contribution >= 4 is 44.9 Å². The summed E-state index contributed by atoms with van der Waals surface area (Å²) in [6.07, 6.45) is -0.502. The van der Waals surface area contributed by atoms with Crippen molar-refractivity contribution in [3.8, 4) is 5.75 Å². The minimum absolute atomic E-state index is 0.360. The smallest absolute Gasteiger partial charge is 0.411 e. The molecule has 0 bridgehead atoms. The van der Waals surface area contributed by atoms with Gasteiger partial charge in [-0.15, -0.1) is 11.3 Å². The van der Waals surface area contributed by atoms with Gasteiger partial charge in [0, 0.05) is 5.69 Å². The number of nitrogens with one attached hydrogen (secondary N) is 1. The molecule has 2 aromatic carbocycles. The molecule has 0 spiro atoms. The molecule has 0 aliphatic heterocycles. The van der Waals surface area contributed by atoms with Crippen LogP contribution in [-0.2, 0) is 11.3 Å². The molecule has 1 heterocycles. The molecule has 124 valence electrons. The van der Waals surface area contributed by atoms with Crippen LogP contribution in [0.4, 0.5) is 10.5 Å². The van der Waals surface area contributed by atoms with Gasteiger partial charge in [0.2, 0.25) is 0 Å². The molecular formula is C17H15ClN2O3S. The number of anilines is 1. The molecule has 0 fully saturated rings. The summed E-state index contributed by atoms with van der Waals surface area (Å²) in [5, 5.41) is 4.20. The van der Waals surface area contributed by atoms with Gasteiger partial charge in [0.25, 0.3) is 0 Å². The molecule has 1 N–H and O–H groups in total. The van der Waals surface area contributed by atoms with Crippen LogP contribution >= 0.6 is 22.9 Å². The maximum absolute atomic E-state index is 11.3. The van der Waals surface area contributed by atoms with Crippen molar-refractivity contribution in [1.29, 1.82) is 0 Å². The molecule has 3 aromatic rings. The van der Waals surface area contributed by atoms with Crippen LogP contribution in [0.1, 0.15) is 10.6 Å². The van der Waals surface area contributed by atoms with Crippen LogP contribution in [0.25, 0.3) is 10.2 Å². The minimum atomic E-state index is -0.502. The molecule has 0 atom stereocenters. The standard InChI is InChI=1S/C17H15ClN2O3S/c1-10-8-11(6-7-13(10)20-17(21)22-2)23-9-15-19-14-5-3-4-12(18)16(14)24-15/h3-8H,9H2,1-2H3,(H,20,21). The van der Waals surface area contributed by atoms with Gasteiger partial charge in [0.05, 0.1) is 22.3 Å². The van der Waals surface area contributed by atoms with Crippen LogP contribution in [0.2, 0.25) is 5.02 Å². The van der Waals surface area contributed by atoms with Gasteiger partial charge in [-0.25, -0.2) is 9.78 Å². The number of ether oxygens (including phenoxy) is 2. The second-order valence-electron chi connectivity index (χ2n) is 5.08. The number of amides is 1. The number of fused-ring (bicyclic) bond motifs is 1. The lowest BCUT2D eigenvalue weighted by molar-refractivity contribution is 0.187. The quantitative estimate of drug-likeness (QED) is 0.708. The summed E-state index contributed by atoms with van der Waals surface area (Å²) in [6.45, 7) is 2.24. The molecule has 24 heavy (non-hydrogen) atoms. The van der Waals surface area contributed by atoms with Crippen LogP contribution in [0.15, 0.2) is 36.4 Å². The van der Waals surface area contributed by atoms with Crippen LogP contribution in [0, 0.1) is 6.92 Å². The highest BCUT2D eigenvalue weighted by atomic mass is 35.5. The van der Waals surface area contributed by atoms with Crippen molar-refractivity contribution < 1.29 is 14.3 Å². The van der Waals surface area contributed by atoms with E-state index >= 15 is 0 Å². The number of aromatic nitrogens is 1. The summed E-state index contributed by atoms with van der Waals surface area (Å²) >= 11 is 7.68. The fourth-order valence-corrected chi connectivity index (χ4v) is 3.36. The minimum Gasteiger partial charge on any atom is -0.486 e. The van der Waals surface area contributed by atoms with E-state index in [1.165, 1.54) is 18.4 Å². The third-order valence-electron chi connectivity index (χ3n) is 3.39. The Morgan fingerprint density at radius 1 is 1.33 bits per heavy atom. The number of benzene rings is 2. The number of halogens is 1. The molecule has 0 saturated heterocycles. The van der Waals surface area contributed by atoms with Crippen molar-refractivity contribution in [3.63, 3.8) is 0 Å². The lowest BCUT2D eigenvalue weighted by Crippen LogP contribution is -2.11. The van der Waals surface area contributed by atoms with E-state index in [2.05, 4.69) is 15.0 Å². The zero-order chi connectivity index (χ0) is 17.1. The maximum atomic E-state index is 11.3. The van der Waals surface area contributed by atoms with Crippen molar-refractivity contribution in [2.45, 2.75) is 13.5 Å². The van der Waals surface area contributed by atoms with Gasteiger partial charge in [-0.05, 0) is 42.8 Å². The van der Waals surface area contributed by atoms with E-state index in [0.29, 0.717) is 23.1 Å². The highest BCUT2D eigenvalue weighted by molar-refractivity contribution is 7.19. The Morgan fingerprint density at radius 3 is 2.88 bits per heavy atom. The van der Waals surface area contributed by atoms with E-state index in [-0.39, 0.29) is 0 Å². The molecule has 0 saturated carbocycles. The third-order valence-corrected chi connectivity index (χ3v) is 4.90. The summed E-state index contributed by atoms with van der Waals surface area (Å²) in [4.78, 5) is 15.8. The number of methoxy groups -OCH3 is 1. The largest absolute Gasteiger partial charge is 0.486 e. The predicted molar refractivity (Wildman–Crippen MR) is 96.2 cm³/mol. The summed E-state index contributed by atoms with van der Waals surface area (Å²) in [6, 6.07) is 11.1. The highest BCUT2D eigenvalue weighted by Crippen LogP contribution is 2.30. The van der Waals surface area contributed by atoms with E-state index < -0.39 is 6.09 Å². The van der Waals surface area contributed by atoms with E-state index in [1.807, 2.05) is 31.2 Å². The van der Waals surface area contributed by atoms with E-state index in [1.54, 1.807) is 12.1 Å². The molecule has 3 rings (SSSR count). The van der Waals surface area contributed by atoms with Gasteiger partial charge in [0.15, 0.2) is 0 Å². The van der Waals surface area contributed by atoms with Gasteiger partial charge in [-0.3, -0.25) is 5.32 Å². The monoisotopic (exact) mass is 362 g/mol. The van der Waals surface area contributed by atoms with Crippen LogP contribution in [0.5, 0.6) is 5.75 Å². The normalized spacial score (nSPS) is 10.6. The Labute approximate surface area is 148 Å². The van der Waals surface area contributed by atoms with Crippen LogP contribution in [-0.4, -0.2) is 18.2 Å². The number of thiazole rings is 1. The number of hydrogen-bond donors (Lipinski definition) is 1. The van der Waals surface area contributed by atoms with E-state index in [9.17, 15) is 4.79 Å². The van der Waals surface area contributed by atoms with Gasteiger partial charge in [-0.1, -0.05) is 17.7 Å². The molecular weight excluding hydrogens is 348 g/mol. The average Bonchev–Trinajstić information content (AvgIpc) is 2.99. The Kier molecular flexibility index (Phi) is 4.87. The Hall–Kier alpha value is -2.31. The topological polar surface area (TPSA) is 60.5 Å². The number of hydrogen-bond acceptors (Lipinski definition) is 5. The first-order chi connectivity index (χ1) is 11.6. The first-order valence-corrected chi connectivity index (χ1v) is 8.38. The lowest BCUT2D eigenvalue weighted by atomic mass is 10.2. The van der Waals surface area contributed by atoms with Gasteiger partial charge < -0.3 is 9.47 Å². The SMILES string of the molecule is COC(=O)Nc1ccc(OCc2nc3cccc(Cl)c3s2)cc1C. The van der Waals surface area contributed by atoms with Gasteiger partial charge in [0.1, 0.15) is 17.4 Å². The molecule has 0 aliphatic rings. The van der Waals surface area contributed by atoms with Crippen LogP contribution in [0.3, 0.4) is 0 Å². The fourth-order valence-electron chi connectivity index (χ4n) is 2.20. The summed E-state index contributed by atoms with van der Waals surface area (Å²) in [7, 11) is 1.33. The van der Waals surface area contributed by atoms with Gasteiger partial charge >= 0.3 is 6.09 Å². The van der Waals surface area contributed by atoms with Crippen molar-refractivity contribution in [3.05, 3.63) is 52.0 Å². The first-order valence-electron chi connectivity index (χ1n) is 7.19. The zero-order valence-corrected chi connectivity index (χ0v) is 14.7. The molecule has 0 aliphatic carbocycles. The molecule has 0 unspecified atom stereocenters. The first kappa shape index (κ1) is 16.5. The Bertz CT molecular complexity index is 895. The average molecular weight is 363 g/mol. The fraction of sp³-hybridized carbons (Fsp3) is 0.176. The van der Waals surface area contributed by atoms with E-state index in [0.717, 1.165) is 20.8 Å². The Balaban J connectivity index is 1.70. The third kappa shape index (κ3) is 3.60. The van der Waals surface area contributed by atoms with Gasteiger partial charge in [-0.2, -0.15) is 0 Å². The molecule has 0 radical (unpaired) electrons. The second kappa shape index (κ2) is 7.07. The number of rotatable bonds is 4. The van der Waals surface area contributed by atoms with Crippen molar-refractivity contribution in [2.75, 3.05) is 12.4 Å². The molecule has 5 nitrogen and oxygen atoms in total. The zero-order valence-electron chi connectivity index (χ0n) is 13.1. The van der Waals surface area contributed by atoms with Crippen molar-refractivity contribution in [2.24, 2.45) is 0 Å².